The summed E-state index contributed by atoms with van der Waals surface area (Å²) in [6.45, 7) is 0.544. The van der Waals surface area contributed by atoms with Crippen LogP contribution in [-0.4, -0.2) is 32.9 Å². The van der Waals surface area contributed by atoms with E-state index in [2.05, 4.69) is 19.8 Å². The minimum absolute atomic E-state index is 0.527. The Hall–Kier alpha value is -2.46. The van der Waals surface area contributed by atoms with Gasteiger partial charge < -0.3 is 10.1 Å². The molecule has 1 aromatic carbocycles. The van der Waals surface area contributed by atoms with E-state index in [1.54, 1.807) is 19.5 Å². The highest BCUT2D eigenvalue weighted by Crippen LogP contribution is 2.29. The first-order valence-corrected chi connectivity index (χ1v) is 8.04. The highest BCUT2D eigenvalue weighted by atomic mass is 32.1. The van der Waals surface area contributed by atoms with Gasteiger partial charge in [-0.3, -0.25) is 0 Å². The molecule has 0 atom stereocenters. The lowest BCUT2D eigenvalue weighted by Gasteiger charge is -2.07. The lowest BCUT2D eigenvalue weighted by atomic mass is 10.2. The summed E-state index contributed by atoms with van der Waals surface area (Å²) in [5, 5.41) is 7.82. The molecular weight excluding hydrogens is 355 g/mol. The number of methoxy groups -OCH3 is 1. The van der Waals surface area contributed by atoms with E-state index in [1.165, 1.54) is 28.3 Å². The fourth-order valence-corrected chi connectivity index (χ4v) is 2.69. The van der Waals surface area contributed by atoms with Gasteiger partial charge in [0.1, 0.15) is 5.82 Å². The van der Waals surface area contributed by atoms with E-state index in [0.29, 0.717) is 35.4 Å². The first kappa shape index (κ1) is 17.4. The number of anilines is 2. The molecule has 0 radical (unpaired) electrons. The molecule has 0 aliphatic heterocycles. The zero-order valence-corrected chi connectivity index (χ0v) is 13.9. The van der Waals surface area contributed by atoms with Gasteiger partial charge in [-0.05, 0) is 24.3 Å². The predicted octanol–water partition coefficient (Wildman–Crippen LogP) is 3.68. The van der Waals surface area contributed by atoms with Crippen LogP contribution in [-0.2, 0) is 17.3 Å². The van der Waals surface area contributed by atoms with Crippen LogP contribution in [0.2, 0.25) is 0 Å². The van der Waals surface area contributed by atoms with Crippen molar-refractivity contribution in [3.8, 4) is 5.69 Å². The van der Waals surface area contributed by atoms with Gasteiger partial charge in [-0.25, -0.2) is 9.67 Å². The average molecular weight is 369 g/mol. The minimum atomic E-state index is -4.35. The van der Waals surface area contributed by atoms with Gasteiger partial charge in [0.25, 0.3) is 0 Å². The number of rotatable bonds is 6. The second kappa shape index (κ2) is 7.19. The summed E-state index contributed by atoms with van der Waals surface area (Å²) >= 11 is 1.21. The molecular formula is C15H14F3N5OS. The number of ether oxygens (including phenoxy) is 1. The number of hydrogen-bond donors (Lipinski definition) is 1. The Bertz CT molecular complexity index is 828. The maximum atomic E-state index is 12.6. The van der Waals surface area contributed by atoms with Crippen molar-refractivity contribution in [3.63, 3.8) is 0 Å². The number of aromatic nitrogens is 4. The molecule has 0 bridgehead atoms. The standard InChI is InChI=1S/C15H14F3N5OS/c1-24-7-6-13-21-14(25-22-13)20-11-8-19-23(9-11)12-4-2-10(3-5-12)15(16,17)18/h2-5,8-9H,6-7H2,1H3,(H,20,21,22). The Kier molecular flexibility index (Phi) is 5.00. The summed E-state index contributed by atoms with van der Waals surface area (Å²) in [6, 6.07) is 4.79. The number of halogens is 3. The zero-order chi connectivity index (χ0) is 17.9. The first-order valence-electron chi connectivity index (χ1n) is 7.26. The number of benzene rings is 1. The fraction of sp³-hybridized carbons (Fsp3) is 0.267. The van der Waals surface area contributed by atoms with Crippen molar-refractivity contribution in [1.29, 1.82) is 0 Å². The first-order chi connectivity index (χ1) is 12.0. The van der Waals surface area contributed by atoms with Crippen LogP contribution in [0.4, 0.5) is 24.0 Å². The van der Waals surface area contributed by atoms with Crippen molar-refractivity contribution in [3.05, 3.63) is 48.0 Å². The van der Waals surface area contributed by atoms with Crippen LogP contribution in [0.25, 0.3) is 5.69 Å². The molecule has 10 heteroatoms. The molecule has 3 rings (SSSR count). The van der Waals surface area contributed by atoms with Crippen molar-refractivity contribution in [2.24, 2.45) is 0 Å². The molecule has 132 valence electrons. The second-order valence-electron chi connectivity index (χ2n) is 5.10. The Labute approximate surface area is 145 Å². The number of nitrogens with one attached hydrogen (secondary N) is 1. The van der Waals surface area contributed by atoms with Crippen LogP contribution in [0.15, 0.2) is 36.7 Å². The van der Waals surface area contributed by atoms with E-state index in [9.17, 15) is 13.2 Å². The molecule has 0 aliphatic rings. The van der Waals surface area contributed by atoms with Crippen molar-refractivity contribution in [1.82, 2.24) is 19.1 Å². The summed E-state index contributed by atoms with van der Waals surface area (Å²) in [4.78, 5) is 4.32. The molecule has 0 amide bonds. The van der Waals surface area contributed by atoms with E-state index in [0.717, 1.165) is 12.1 Å². The van der Waals surface area contributed by atoms with Crippen LogP contribution >= 0.6 is 11.5 Å². The topological polar surface area (TPSA) is 64.9 Å². The van der Waals surface area contributed by atoms with E-state index in [-0.39, 0.29) is 0 Å². The molecule has 0 fully saturated rings. The molecule has 2 heterocycles. The van der Waals surface area contributed by atoms with E-state index in [4.69, 9.17) is 4.74 Å². The highest BCUT2D eigenvalue weighted by molar-refractivity contribution is 7.09. The van der Waals surface area contributed by atoms with E-state index < -0.39 is 11.7 Å². The van der Waals surface area contributed by atoms with Gasteiger partial charge in [0, 0.05) is 25.1 Å². The van der Waals surface area contributed by atoms with Gasteiger partial charge in [0.05, 0.1) is 35.9 Å². The lowest BCUT2D eigenvalue weighted by molar-refractivity contribution is -0.137. The molecule has 0 unspecified atom stereocenters. The van der Waals surface area contributed by atoms with Crippen LogP contribution in [0.5, 0.6) is 0 Å². The molecule has 0 spiro atoms. The van der Waals surface area contributed by atoms with Crippen LogP contribution in [0, 0.1) is 0 Å². The van der Waals surface area contributed by atoms with Gasteiger partial charge in [-0.15, -0.1) is 0 Å². The molecule has 0 aliphatic carbocycles. The van der Waals surface area contributed by atoms with Crippen molar-refractivity contribution in [2.45, 2.75) is 12.6 Å². The number of nitrogens with zero attached hydrogens (tertiary/aromatic N) is 4. The van der Waals surface area contributed by atoms with Gasteiger partial charge in [-0.1, -0.05) is 0 Å². The van der Waals surface area contributed by atoms with Crippen LogP contribution < -0.4 is 5.32 Å². The normalized spacial score (nSPS) is 11.7. The van der Waals surface area contributed by atoms with Crippen molar-refractivity contribution < 1.29 is 17.9 Å². The summed E-state index contributed by atoms with van der Waals surface area (Å²) < 4.78 is 48.4. The summed E-state index contributed by atoms with van der Waals surface area (Å²) in [5.74, 6) is 0.685. The Morgan fingerprint density at radius 1 is 1.24 bits per heavy atom. The van der Waals surface area contributed by atoms with Gasteiger partial charge in [-0.2, -0.15) is 22.6 Å². The summed E-state index contributed by atoms with van der Waals surface area (Å²) in [5.41, 5.74) is 0.493. The molecule has 3 aromatic rings. The molecule has 0 saturated heterocycles. The van der Waals surface area contributed by atoms with Crippen LogP contribution in [0.3, 0.4) is 0 Å². The Morgan fingerprint density at radius 3 is 2.68 bits per heavy atom. The molecule has 25 heavy (non-hydrogen) atoms. The van der Waals surface area contributed by atoms with Crippen LogP contribution in [0.1, 0.15) is 11.4 Å². The monoisotopic (exact) mass is 369 g/mol. The largest absolute Gasteiger partial charge is 0.416 e. The third kappa shape index (κ3) is 4.34. The third-order valence-electron chi connectivity index (χ3n) is 3.29. The average Bonchev–Trinajstić information content (AvgIpc) is 3.22. The summed E-state index contributed by atoms with van der Waals surface area (Å²) in [6.07, 6.45) is -0.500. The minimum Gasteiger partial charge on any atom is -0.384 e. The SMILES string of the molecule is COCCc1nsc(Nc2cnn(-c3ccc(C(F)(F)F)cc3)c2)n1. The number of hydrogen-bond acceptors (Lipinski definition) is 6. The van der Waals surface area contributed by atoms with Crippen molar-refractivity contribution >= 4 is 22.4 Å². The lowest BCUT2D eigenvalue weighted by Crippen LogP contribution is -2.05. The van der Waals surface area contributed by atoms with Gasteiger partial charge in [0.15, 0.2) is 0 Å². The second-order valence-corrected chi connectivity index (χ2v) is 5.85. The predicted molar refractivity (Wildman–Crippen MR) is 87.3 cm³/mol. The van der Waals surface area contributed by atoms with E-state index in [1.807, 2.05) is 0 Å². The number of alkyl halides is 3. The third-order valence-corrected chi connectivity index (χ3v) is 3.96. The smallest absolute Gasteiger partial charge is 0.384 e. The maximum Gasteiger partial charge on any atom is 0.416 e. The maximum absolute atomic E-state index is 12.6. The quantitative estimate of drug-likeness (QED) is 0.718. The molecule has 2 aromatic heterocycles. The summed E-state index contributed by atoms with van der Waals surface area (Å²) in [7, 11) is 1.61. The molecule has 0 saturated carbocycles. The van der Waals surface area contributed by atoms with Gasteiger partial charge in [0.2, 0.25) is 5.13 Å². The van der Waals surface area contributed by atoms with Gasteiger partial charge >= 0.3 is 6.18 Å². The molecule has 1 N–H and O–H groups in total. The van der Waals surface area contributed by atoms with Crippen molar-refractivity contribution in [2.75, 3.05) is 19.0 Å². The highest BCUT2D eigenvalue weighted by Gasteiger charge is 2.30. The fourth-order valence-electron chi connectivity index (χ4n) is 2.05. The zero-order valence-electron chi connectivity index (χ0n) is 13.1. The Morgan fingerprint density at radius 2 is 2.00 bits per heavy atom. The Balaban J connectivity index is 1.69. The van der Waals surface area contributed by atoms with E-state index >= 15 is 0 Å². The molecule has 6 nitrogen and oxygen atoms in total.